The van der Waals surface area contributed by atoms with E-state index in [-0.39, 0.29) is 12.2 Å². The molecule has 3 aromatic rings. The maximum Gasteiger partial charge on any atom is 0.420 e. The summed E-state index contributed by atoms with van der Waals surface area (Å²) in [5.41, 5.74) is 5.18. The molecule has 3 aromatic carbocycles. The fraction of sp³-hybridized carbons (Fsp3) is 0.0909. The van der Waals surface area contributed by atoms with E-state index in [2.05, 4.69) is 10.1 Å². The molecule has 0 saturated heterocycles. The van der Waals surface area contributed by atoms with Crippen LogP contribution in [0.4, 0.5) is 24.5 Å². The molecule has 0 aliphatic heterocycles. The summed E-state index contributed by atoms with van der Waals surface area (Å²) in [6.45, 7) is 0.163. The molecule has 0 fully saturated rings. The van der Waals surface area contributed by atoms with Crippen LogP contribution in [0.5, 0.6) is 5.75 Å². The Morgan fingerprint density at radius 1 is 1.03 bits per heavy atom. The highest BCUT2D eigenvalue weighted by Crippen LogP contribution is 2.38. The summed E-state index contributed by atoms with van der Waals surface area (Å²) in [6.07, 6.45) is -4.77. The number of non-ortho nitro benzene ring substituents is 1. The number of nitro benzene ring substituents is 1. The lowest BCUT2D eigenvalue weighted by molar-refractivity contribution is -0.384. The van der Waals surface area contributed by atoms with Gasteiger partial charge in [0.25, 0.3) is 18.1 Å². The average molecular weight is 461 g/mol. The van der Waals surface area contributed by atoms with Gasteiger partial charge >= 0.3 is 6.18 Å². The predicted molar refractivity (Wildman–Crippen MR) is 114 cm³/mol. The topological polar surface area (TPSA) is 125 Å². The number of anilines is 1. The molecule has 0 aromatic heterocycles. The molecular weight excluding hydrogens is 443 g/mol. The molecule has 3 N–H and O–H groups in total. The van der Waals surface area contributed by atoms with Crippen molar-refractivity contribution in [2.75, 3.05) is 5.32 Å². The van der Waals surface area contributed by atoms with Gasteiger partial charge in [0.15, 0.2) is 5.75 Å². The second-order valence-corrected chi connectivity index (χ2v) is 6.34. The molecule has 0 aliphatic rings. The normalized spacial score (nSPS) is 10.4. The van der Waals surface area contributed by atoms with Gasteiger partial charge in [-0.2, -0.15) is 13.2 Å². The van der Waals surface area contributed by atoms with E-state index >= 15 is 0 Å². The van der Waals surface area contributed by atoms with E-state index in [0.29, 0.717) is 12.2 Å². The summed E-state index contributed by atoms with van der Waals surface area (Å²) in [5.74, 6) is -1.67. The first-order chi connectivity index (χ1) is 15.7. The Morgan fingerprint density at radius 3 is 2.15 bits per heavy atom. The van der Waals surface area contributed by atoms with Gasteiger partial charge in [-0.1, -0.05) is 36.4 Å². The highest BCUT2D eigenvalue weighted by atomic mass is 19.4. The minimum atomic E-state index is -4.77. The van der Waals surface area contributed by atoms with Crippen LogP contribution in [0.1, 0.15) is 21.5 Å². The van der Waals surface area contributed by atoms with Crippen molar-refractivity contribution >= 4 is 23.8 Å². The van der Waals surface area contributed by atoms with E-state index in [1.54, 1.807) is 42.5 Å². The van der Waals surface area contributed by atoms with Gasteiger partial charge in [-0.05, 0) is 29.8 Å². The third-order valence-corrected chi connectivity index (χ3v) is 4.15. The van der Waals surface area contributed by atoms with Crippen molar-refractivity contribution < 1.29 is 32.4 Å². The SMILES string of the molecule is NCc1ccc(NC(=O)c2cccc(C(F)(F)F)c2OC=O)cc1.O=[N+]([O-])c1ccccc1. The van der Waals surface area contributed by atoms with Gasteiger partial charge in [-0.25, -0.2) is 0 Å². The second kappa shape index (κ2) is 11.4. The highest BCUT2D eigenvalue weighted by Gasteiger charge is 2.36. The highest BCUT2D eigenvalue weighted by molar-refractivity contribution is 6.06. The summed E-state index contributed by atoms with van der Waals surface area (Å²) in [5, 5.41) is 12.5. The van der Waals surface area contributed by atoms with Gasteiger partial charge in [0, 0.05) is 24.4 Å². The van der Waals surface area contributed by atoms with Gasteiger partial charge in [0.05, 0.1) is 16.1 Å². The number of benzene rings is 3. The number of nitrogens with zero attached hydrogens (tertiary/aromatic N) is 1. The van der Waals surface area contributed by atoms with Crippen LogP contribution in [0.25, 0.3) is 0 Å². The molecule has 0 saturated carbocycles. The van der Waals surface area contributed by atoms with Gasteiger partial charge in [-0.15, -0.1) is 0 Å². The van der Waals surface area contributed by atoms with Crippen LogP contribution in [0.2, 0.25) is 0 Å². The van der Waals surface area contributed by atoms with Gasteiger partial charge in [-0.3, -0.25) is 19.7 Å². The Labute approximate surface area is 185 Å². The van der Waals surface area contributed by atoms with E-state index in [1.165, 1.54) is 12.1 Å². The molecule has 0 bridgehead atoms. The fourth-order valence-corrected chi connectivity index (χ4v) is 2.59. The number of ether oxygens (including phenoxy) is 1. The number of nitrogens with two attached hydrogens (primary N) is 1. The van der Waals surface area contributed by atoms with Crippen molar-refractivity contribution in [2.45, 2.75) is 12.7 Å². The minimum Gasteiger partial charge on any atom is -0.427 e. The van der Waals surface area contributed by atoms with E-state index < -0.39 is 33.9 Å². The third-order valence-electron chi connectivity index (χ3n) is 4.15. The Bertz CT molecular complexity index is 1100. The number of amides is 1. The zero-order valence-electron chi connectivity index (χ0n) is 16.9. The van der Waals surface area contributed by atoms with E-state index in [1.807, 2.05) is 0 Å². The number of nitro groups is 1. The number of hydrogen-bond acceptors (Lipinski definition) is 6. The maximum atomic E-state index is 13.0. The summed E-state index contributed by atoms with van der Waals surface area (Å²) >= 11 is 0. The summed E-state index contributed by atoms with van der Waals surface area (Å²) in [6, 6.07) is 17.3. The lowest BCUT2D eigenvalue weighted by atomic mass is 10.1. The minimum absolute atomic E-state index is 0.137. The van der Waals surface area contributed by atoms with Crippen molar-refractivity contribution in [1.82, 2.24) is 0 Å². The first-order valence-corrected chi connectivity index (χ1v) is 9.27. The van der Waals surface area contributed by atoms with E-state index in [4.69, 9.17) is 5.73 Å². The zero-order valence-corrected chi connectivity index (χ0v) is 16.9. The Hall–Kier alpha value is -4.25. The van der Waals surface area contributed by atoms with Crippen LogP contribution in [0.15, 0.2) is 72.8 Å². The molecule has 0 heterocycles. The molecule has 0 atom stereocenters. The monoisotopic (exact) mass is 461 g/mol. The zero-order chi connectivity index (χ0) is 24.4. The van der Waals surface area contributed by atoms with Crippen LogP contribution in [0, 0.1) is 10.1 Å². The third kappa shape index (κ3) is 7.14. The van der Waals surface area contributed by atoms with Gasteiger partial charge in [0.1, 0.15) is 0 Å². The molecule has 0 spiro atoms. The number of rotatable bonds is 6. The lowest BCUT2D eigenvalue weighted by Gasteiger charge is -2.14. The number of halogens is 3. The quantitative estimate of drug-likeness (QED) is 0.315. The van der Waals surface area contributed by atoms with Crippen molar-refractivity contribution in [3.63, 3.8) is 0 Å². The fourth-order valence-electron chi connectivity index (χ4n) is 2.59. The Kier molecular flexibility index (Phi) is 8.64. The largest absolute Gasteiger partial charge is 0.427 e. The molecule has 3 rings (SSSR count). The molecule has 8 nitrogen and oxygen atoms in total. The first kappa shape index (κ1) is 25.0. The van der Waals surface area contributed by atoms with Crippen LogP contribution in [-0.2, 0) is 17.5 Å². The lowest BCUT2D eigenvalue weighted by Crippen LogP contribution is -2.17. The van der Waals surface area contributed by atoms with Crippen molar-refractivity contribution in [2.24, 2.45) is 5.73 Å². The smallest absolute Gasteiger partial charge is 0.420 e. The van der Waals surface area contributed by atoms with Crippen LogP contribution in [-0.4, -0.2) is 17.3 Å². The average Bonchev–Trinajstić information content (AvgIpc) is 2.80. The number of carbonyl (C=O) groups is 2. The number of alkyl halides is 3. The van der Waals surface area contributed by atoms with E-state index in [0.717, 1.165) is 23.8 Å². The van der Waals surface area contributed by atoms with E-state index in [9.17, 15) is 32.9 Å². The Balaban J connectivity index is 0.000000357. The number of nitrogens with one attached hydrogen (secondary N) is 1. The molecule has 0 aliphatic carbocycles. The first-order valence-electron chi connectivity index (χ1n) is 9.27. The molecule has 33 heavy (non-hydrogen) atoms. The molecule has 0 unspecified atom stereocenters. The number of para-hydroxylation sites is 2. The molecule has 172 valence electrons. The second-order valence-electron chi connectivity index (χ2n) is 6.34. The summed E-state index contributed by atoms with van der Waals surface area (Å²) in [7, 11) is 0. The Morgan fingerprint density at radius 2 is 1.67 bits per heavy atom. The van der Waals surface area contributed by atoms with Crippen molar-refractivity contribution in [3.05, 3.63) is 99.6 Å². The number of carbonyl (C=O) groups excluding carboxylic acids is 2. The summed E-state index contributed by atoms with van der Waals surface area (Å²) in [4.78, 5) is 32.4. The van der Waals surface area contributed by atoms with Crippen molar-refractivity contribution in [1.29, 1.82) is 0 Å². The summed E-state index contributed by atoms with van der Waals surface area (Å²) < 4.78 is 43.4. The standard InChI is InChI=1S/C16H13F3N2O3.C6H5NO2/c17-16(18,19)13-3-1-2-12(14(13)24-9-22)15(23)21-11-6-4-10(8-20)5-7-11;8-7(9)6-4-2-1-3-5-6/h1-7,9H,8,20H2,(H,21,23);1-5H. The van der Waals surface area contributed by atoms with Gasteiger partial charge in [0.2, 0.25) is 0 Å². The van der Waals surface area contributed by atoms with Crippen molar-refractivity contribution in [3.8, 4) is 5.75 Å². The maximum absolute atomic E-state index is 13.0. The predicted octanol–water partition coefficient (Wildman–Crippen LogP) is 4.55. The molecule has 0 radical (unpaired) electrons. The molecule has 1 amide bonds. The van der Waals surface area contributed by atoms with Crippen LogP contribution < -0.4 is 15.8 Å². The van der Waals surface area contributed by atoms with Gasteiger partial charge < -0.3 is 15.8 Å². The van der Waals surface area contributed by atoms with Crippen LogP contribution >= 0.6 is 0 Å². The molecule has 11 heteroatoms. The van der Waals surface area contributed by atoms with Crippen LogP contribution in [0.3, 0.4) is 0 Å². The molecular formula is C22H18F3N3O5. The number of hydrogen-bond donors (Lipinski definition) is 2.